The Labute approximate surface area is 242 Å². The van der Waals surface area contributed by atoms with E-state index >= 15 is 4.39 Å². The van der Waals surface area contributed by atoms with Gasteiger partial charge in [0.05, 0.1) is 10.6 Å². The Morgan fingerprint density at radius 1 is 0.976 bits per heavy atom. The minimum atomic E-state index is -5.33. The number of anilines is 1. The second kappa shape index (κ2) is 11.1. The van der Waals surface area contributed by atoms with Crippen molar-refractivity contribution in [1.29, 1.82) is 0 Å². The van der Waals surface area contributed by atoms with Gasteiger partial charge >= 0.3 is 12.0 Å². The van der Waals surface area contributed by atoms with Gasteiger partial charge in [-0.25, -0.2) is 0 Å². The molecule has 0 aromatic heterocycles. The van der Waals surface area contributed by atoms with Gasteiger partial charge in [0.25, 0.3) is 11.8 Å². The first kappa shape index (κ1) is 29.6. The third-order valence-electron chi connectivity index (χ3n) is 8.69. The molecule has 6 nitrogen and oxygen atoms in total. The number of nitrogens with zero attached hydrogens (tertiary/aromatic N) is 3. The zero-order valence-corrected chi connectivity index (χ0v) is 23.8. The lowest BCUT2D eigenvalue weighted by Crippen LogP contribution is -2.49. The molecular weight excluding hydrogens is 562 g/mol. The van der Waals surface area contributed by atoms with Crippen LogP contribution in [0.4, 0.5) is 23.2 Å². The smallest absolute Gasteiger partial charge is 0.371 e. The first-order valence-corrected chi connectivity index (χ1v) is 14.3. The van der Waals surface area contributed by atoms with E-state index in [2.05, 4.69) is 9.64 Å². The standard InChI is InChI=1S/C30H34ClF4N3O3/c1-36(2)26(39)24-9-8-23(19-25(24)31)37-14-10-20(11-15-37)18-21-12-16-38(17-13-21)27(40)28(22-6-4-3-5-7-22)29(32,41-28)30(33,34)35/h3-9,19-21H,10-18H2,1-2H3/t28-,29?/m1/s1. The Balaban J connectivity index is 1.14. The fraction of sp³-hybridized carbons (Fsp3) is 0.533. The lowest BCUT2D eigenvalue weighted by Gasteiger charge is -2.38. The minimum Gasteiger partial charge on any atom is -0.371 e. The van der Waals surface area contributed by atoms with E-state index in [4.69, 9.17) is 11.6 Å². The van der Waals surface area contributed by atoms with Crippen molar-refractivity contribution in [1.82, 2.24) is 9.80 Å². The van der Waals surface area contributed by atoms with Crippen molar-refractivity contribution in [3.63, 3.8) is 0 Å². The van der Waals surface area contributed by atoms with Gasteiger partial charge in [-0.2, -0.15) is 17.6 Å². The number of hydrogen-bond donors (Lipinski definition) is 0. The summed E-state index contributed by atoms with van der Waals surface area (Å²) in [4.78, 5) is 30.7. The summed E-state index contributed by atoms with van der Waals surface area (Å²) in [6, 6.07) is 12.6. The molecule has 5 rings (SSSR count). The van der Waals surface area contributed by atoms with E-state index < -0.39 is 23.5 Å². The largest absolute Gasteiger partial charge is 0.452 e. The van der Waals surface area contributed by atoms with Crippen LogP contribution >= 0.6 is 11.6 Å². The molecule has 0 bridgehead atoms. The normalized spacial score (nSPS) is 25.7. The molecule has 11 heteroatoms. The van der Waals surface area contributed by atoms with Gasteiger partial charge in [-0.15, -0.1) is 0 Å². The van der Waals surface area contributed by atoms with E-state index in [0.717, 1.165) is 38.0 Å². The molecule has 3 fully saturated rings. The Bertz CT molecular complexity index is 1280. The van der Waals surface area contributed by atoms with Crippen LogP contribution in [0.25, 0.3) is 0 Å². The summed E-state index contributed by atoms with van der Waals surface area (Å²) in [7, 11) is 3.37. The van der Waals surface area contributed by atoms with Crippen molar-refractivity contribution in [2.75, 3.05) is 45.2 Å². The van der Waals surface area contributed by atoms with Gasteiger partial charge in [0.15, 0.2) is 0 Å². The zero-order valence-electron chi connectivity index (χ0n) is 23.1. The summed E-state index contributed by atoms with van der Waals surface area (Å²) in [6.07, 6.45) is -1.09. The van der Waals surface area contributed by atoms with Crippen LogP contribution < -0.4 is 4.90 Å². The van der Waals surface area contributed by atoms with E-state index in [9.17, 15) is 22.8 Å². The number of halogens is 5. The molecule has 41 heavy (non-hydrogen) atoms. The molecule has 3 aliphatic rings. The Morgan fingerprint density at radius 3 is 2.07 bits per heavy atom. The fourth-order valence-electron chi connectivity index (χ4n) is 6.27. The number of epoxide rings is 1. The van der Waals surface area contributed by atoms with Crippen molar-refractivity contribution in [2.24, 2.45) is 11.8 Å². The molecule has 222 valence electrons. The fourth-order valence-corrected chi connectivity index (χ4v) is 6.53. The second-order valence-corrected chi connectivity index (χ2v) is 11.9. The summed E-state index contributed by atoms with van der Waals surface area (Å²) in [6.45, 7) is 2.24. The number of hydrogen-bond acceptors (Lipinski definition) is 4. The lowest BCUT2D eigenvalue weighted by molar-refractivity contribution is -0.226. The third kappa shape index (κ3) is 5.41. The predicted octanol–water partition coefficient (Wildman–Crippen LogP) is 6.04. The quantitative estimate of drug-likeness (QED) is 0.302. The number of amides is 2. The van der Waals surface area contributed by atoms with Crippen molar-refractivity contribution in [2.45, 2.75) is 49.7 Å². The number of likely N-dealkylation sites (tertiary alicyclic amines) is 1. The molecule has 2 atom stereocenters. The number of piperidine rings is 2. The van der Waals surface area contributed by atoms with Crippen LogP contribution in [0.3, 0.4) is 0 Å². The average molecular weight is 596 g/mol. The summed E-state index contributed by atoms with van der Waals surface area (Å²) in [5, 5.41) is 0.426. The minimum absolute atomic E-state index is 0.126. The van der Waals surface area contributed by atoms with Crippen LogP contribution in [-0.2, 0) is 15.1 Å². The van der Waals surface area contributed by atoms with Crippen LogP contribution in [0.5, 0.6) is 0 Å². The van der Waals surface area contributed by atoms with Gasteiger partial charge in [-0.05, 0) is 67.7 Å². The van der Waals surface area contributed by atoms with Crippen molar-refractivity contribution < 1.29 is 31.9 Å². The van der Waals surface area contributed by atoms with Gasteiger partial charge in [-0.3, -0.25) is 9.59 Å². The van der Waals surface area contributed by atoms with Gasteiger partial charge in [-0.1, -0.05) is 41.9 Å². The first-order valence-electron chi connectivity index (χ1n) is 13.9. The molecular formula is C30H34ClF4N3O3. The Hall–Kier alpha value is -2.85. The summed E-state index contributed by atoms with van der Waals surface area (Å²) in [5.74, 6) is -4.30. The van der Waals surface area contributed by atoms with Gasteiger partial charge < -0.3 is 19.4 Å². The molecule has 2 aromatic rings. The lowest BCUT2D eigenvalue weighted by atomic mass is 9.82. The number of alkyl halides is 4. The van der Waals surface area contributed by atoms with Crippen LogP contribution in [0.15, 0.2) is 48.5 Å². The maximum atomic E-state index is 15.0. The first-order chi connectivity index (χ1) is 19.4. The summed E-state index contributed by atoms with van der Waals surface area (Å²) >= 11 is 6.40. The summed E-state index contributed by atoms with van der Waals surface area (Å²) < 4.78 is 60.5. The zero-order chi connectivity index (χ0) is 29.6. The highest BCUT2D eigenvalue weighted by Crippen LogP contribution is 2.65. The van der Waals surface area contributed by atoms with Crippen molar-refractivity contribution >= 4 is 29.1 Å². The molecule has 3 aliphatic heterocycles. The molecule has 0 saturated carbocycles. The number of rotatable bonds is 6. The van der Waals surface area contributed by atoms with Crippen LogP contribution in [0, 0.1) is 11.8 Å². The van der Waals surface area contributed by atoms with E-state index in [1.54, 1.807) is 26.2 Å². The maximum absolute atomic E-state index is 15.0. The molecule has 2 aromatic carbocycles. The molecule has 1 unspecified atom stereocenters. The topological polar surface area (TPSA) is 56.4 Å². The van der Waals surface area contributed by atoms with Crippen molar-refractivity contribution in [3.05, 3.63) is 64.7 Å². The number of carbonyl (C=O) groups is 2. The van der Waals surface area contributed by atoms with Crippen LogP contribution in [-0.4, -0.2) is 73.9 Å². The predicted molar refractivity (Wildman–Crippen MR) is 147 cm³/mol. The number of benzene rings is 2. The number of carbonyl (C=O) groups excluding carboxylic acids is 2. The van der Waals surface area contributed by atoms with E-state index in [1.807, 2.05) is 12.1 Å². The van der Waals surface area contributed by atoms with Gasteiger partial charge in [0.2, 0.25) is 5.60 Å². The monoisotopic (exact) mass is 595 g/mol. The van der Waals surface area contributed by atoms with E-state index in [-0.39, 0.29) is 24.6 Å². The van der Waals surface area contributed by atoms with Gasteiger partial charge in [0.1, 0.15) is 0 Å². The highest BCUT2D eigenvalue weighted by atomic mass is 35.5. The van der Waals surface area contributed by atoms with Gasteiger partial charge in [0, 0.05) is 46.0 Å². The molecule has 0 N–H and O–H groups in total. The number of ether oxygens (including phenoxy) is 1. The summed E-state index contributed by atoms with van der Waals surface area (Å²) in [5.41, 5.74) is -1.36. The molecule has 3 heterocycles. The highest BCUT2D eigenvalue weighted by molar-refractivity contribution is 6.34. The SMILES string of the molecule is CN(C)C(=O)c1ccc(N2CCC(CC3CCN(C(=O)[C@@]4(c5ccccc5)OC4(F)C(F)(F)F)CC3)CC2)cc1Cl. The maximum Gasteiger partial charge on any atom is 0.452 e. The molecule has 3 saturated heterocycles. The van der Waals surface area contributed by atoms with Crippen LogP contribution in [0.2, 0.25) is 5.02 Å². The van der Waals surface area contributed by atoms with Crippen molar-refractivity contribution in [3.8, 4) is 0 Å². The van der Waals surface area contributed by atoms with E-state index in [0.29, 0.717) is 35.3 Å². The molecule has 0 spiro atoms. The average Bonchev–Trinajstić information content (AvgIpc) is 3.62. The highest BCUT2D eigenvalue weighted by Gasteiger charge is 2.89. The Kier molecular flexibility index (Phi) is 8.02. The van der Waals surface area contributed by atoms with Crippen LogP contribution in [0.1, 0.15) is 48.0 Å². The Morgan fingerprint density at radius 2 is 1.56 bits per heavy atom. The third-order valence-corrected chi connectivity index (χ3v) is 9.00. The molecule has 2 amide bonds. The second-order valence-electron chi connectivity index (χ2n) is 11.5. The van der Waals surface area contributed by atoms with E-state index in [1.165, 1.54) is 34.1 Å². The molecule has 0 radical (unpaired) electrons. The molecule has 0 aliphatic carbocycles.